The lowest BCUT2D eigenvalue weighted by Gasteiger charge is -2.31. The Hall–Kier alpha value is -3.00. The highest BCUT2D eigenvalue weighted by molar-refractivity contribution is 5.84. The topological polar surface area (TPSA) is 80.1 Å². The summed E-state index contributed by atoms with van der Waals surface area (Å²) in [6, 6.07) is 5.70. The molecule has 0 spiro atoms. The van der Waals surface area contributed by atoms with Crippen LogP contribution in [0.4, 0.5) is 0 Å². The van der Waals surface area contributed by atoms with Crippen molar-refractivity contribution in [3.05, 3.63) is 53.2 Å². The fraction of sp³-hybridized carbons (Fsp3) is 0.368. The SMILES string of the molecule is Cc1noc(C)c1CN1C=CN2NC(c3ccc4c(c3)OCO4)CC2C1=O. The fourth-order valence-corrected chi connectivity index (χ4v) is 3.81. The third kappa shape index (κ3) is 2.64. The summed E-state index contributed by atoms with van der Waals surface area (Å²) in [4.78, 5) is 14.8. The Labute approximate surface area is 156 Å². The standard InChI is InChI=1S/C19H20N4O4/c1-11-14(12(2)27-21-11)9-22-5-6-23-16(19(22)24)8-15(20-23)13-3-4-17-18(7-13)26-10-25-17/h3-7,15-16,20H,8-10H2,1-2H3. The van der Waals surface area contributed by atoms with Crippen LogP contribution in [0.5, 0.6) is 11.5 Å². The van der Waals surface area contributed by atoms with E-state index in [1.165, 1.54) is 0 Å². The van der Waals surface area contributed by atoms with Crippen molar-refractivity contribution in [2.24, 2.45) is 0 Å². The Kier molecular flexibility index (Phi) is 3.61. The van der Waals surface area contributed by atoms with Gasteiger partial charge < -0.3 is 23.9 Å². The number of amides is 1. The molecule has 1 aromatic heterocycles. The van der Waals surface area contributed by atoms with Crippen molar-refractivity contribution in [3.63, 3.8) is 0 Å². The minimum absolute atomic E-state index is 0.0390. The maximum absolute atomic E-state index is 13.0. The predicted molar refractivity (Wildman–Crippen MR) is 94.4 cm³/mol. The number of ether oxygens (including phenoxy) is 2. The zero-order chi connectivity index (χ0) is 18.5. The number of fused-ring (bicyclic) bond motifs is 2. The molecule has 2 atom stereocenters. The first-order chi connectivity index (χ1) is 13.1. The van der Waals surface area contributed by atoms with Crippen molar-refractivity contribution in [3.8, 4) is 11.5 Å². The number of aryl methyl sites for hydroxylation is 2. The van der Waals surface area contributed by atoms with Gasteiger partial charge in [-0.1, -0.05) is 11.2 Å². The monoisotopic (exact) mass is 368 g/mol. The van der Waals surface area contributed by atoms with Gasteiger partial charge in [-0.15, -0.1) is 0 Å². The summed E-state index contributed by atoms with van der Waals surface area (Å²) in [6.45, 7) is 4.48. The van der Waals surface area contributed by atoms with Gasteiger partial charge in [0.1, 0.15) is 11.8 Å². The van der Waals surface area contributed by atoms with Crippen LogP contribution in [0.1, 0.15) is 35.0 Å². The Morgan fingerprint density at radius 1 is 1.22 bits per heavy atom. The second-order valence-corrected chi connectivity index (χ2v) is 7.02. The number of hydrogen-bond donors (Lipinski definition) is 1. The van der Waals surface area contributed by atoms with Gasteiger partial charge in [0.2, 0.25) is 6.79 Å². The molecule has 1 amide bonds. The van der Waals surface area contributed by atoms with Crippen LogP contribution in [0.25, 0.3) is 0 Å². The highest BCUT2D eigenvalue weighted by Gasteiger charge is 2.40. The molecule has 3 aliphatic heterocycles. The summed E-state index contributed by atoms with van der Waals surface area (Å²) in [5, 5.41) is 5.86. The molecule has 2 aromatic rings. The van der Waals surface area contributed by atoms with Crippen LogP contribution in [0.3, 0.4) is 0 Å². The largest absolute Gasteiger partial charge is 0.454 e. The second-order valence-electron chi connectivity index (χ2n) is 7.02. The highest BCUT2D eigenvalue weighted by Crippen LogP contribution is 2.38. The van der Waals surface area contributed by atoms with Crippen molar-refractivity contribution in [2.75, 3.05) is 6.79 Å². The van der Waals surface area contributed by atoms with Gasteiger partial charge in [-0.2, -0.15) is 0 Å². The van der Waals surface area contributed by atoms with Crippen LogP contribution >= 0.6 is 0 Å². The van der Waals surface area contributed by atoms with Gasteiger partial charge in [-0.3, -0.25) is 4.79 Å². The van der Waals surface area contributed by atoms with Crippen LogP contribution in [0, 0.1) is 13.8 Å². The summed E-state index contributed by atoms with van der Waals surface area (Å²) in [7, 11) is 0. The third-order valence-corrected chi connectivity index (χ3v) is 5.38. The maximum atomic E-state index is 13.0. The Morgan fingerprint density at radius 2 is 2.07 bits per heavy atom. The summed E-state index contributed by atoms with van der Waals surface area (Å²) in [5.74, 6) is 2.32. The number of nitrogens with zero attached hydrogens (tertiary/aromatic N) is 3. The summed E-state index contributed by atoms with van der Waals surface area (Å²) >= 11 is 0. The van der Waals surface area contributed by atoms with E-state index in [1.807, 2.05) is 43.3 Å². The minimum atomic E-state index is -0.245. The normalized spacial score (nSPS) is 23.3. The quantitative estimate of drug-likeness (QED) is 0.889. The van der Waals surface area contributed by atoms with Crippen molar-refractivity contribution in [1.82, 2.24) is 20.5 Å². The van der Waals surface area contributed by atoms with E-state index >= 15 is 0 Å². The number of carbonyl (C=O) groups excluding carboxylic acids is 1. The highest BCUT2D eigenvalue weighted by atomic mass is 16.7. The molecule has 27 heavy (non-hydrogen) atoms. The van der Waals surface area contributed by atoms with E-state index in [9.17, 15) is 4.79 Å². The molecule has 3 aliphatic rings. The third-order valence-electron chi connectivity index (χ3n) is 5.38. The number of benzene rings is 1. The molecule has 2 unspecified atom stereocenters. The van der Waals surface area contributed by atoms with Gasteiger partial charge in [-0.25, -0.2) is 5.43 Å². The van der Waals surface area contributed by atoms with Crippen LogP contribution in [-0.2, 0) is 11.3 Å². The molecule has 1 fully saturated rings. The van der Waals surface area contributed by atoms with Gasteiger partial charge in [0, 0.05) is 18.0 Å². The number of hydrogen-bond acceptors (Lipinski definition) is 7. The Bertz CT molecular complexity index is 918. The van der Waals surface area contributed by atoms with Crippen molar-refractivity contribution < 1.29 is 18.8 Å². The minimum Gasteiger partial charge on any atom is -0.454 e. The average Bonchev–Trinajstić information content (AvgIpc) is 3.37. The summed E-state index contributed by atoms with van der Waals surface area (Å²) < 4.78 is 16.1. The van der Waals surface area contributed by atoms with E-state index in [4.69, 9.17) is 14.0 Å². The van der Waals surface area contributed by atoms with Crippen LogP contribution in [-0.4, -0.2) is 33.8 Å². The van der Waals surface area contributed by atoms with Gasteiger partial charge in [0.15, 0.2) is 11.5 Å². The first-order valence-corrected chi connectivity index (χ1v) is 8.95. The average molecular weight is 368 g/mol. The van der Waals surface area contributed by atoms with E-state index in [2.05, 4.69) is 10.6 Å². The molecular formula is C19H20N4O4. The molecule has 140 valence electrons. The molecule has 8 nitrogen and oxygen atoms in total. The number of hydrazine groups is 1. The fourth-order valence-electron chi connectivity index (χ4n) is 3.81. The van der Waals surface area contributed by atoms with Crippen LogP contribution in [0.15, 0.2) is 35.1 Å². The zero-order valence-corrected chi connectivity index (χ0v) is 15.1. The summed E-state index contributed by atoms with van der Waals surface area (Å²) in [5.41, 5.74) is 6.26. The molecule has 8 heteroatoms. The van der Waals surface area contributed by atoms with Gasteiger partial charge >= 0.3 is 0 Å². The second kappa shape index (κ2) is 6.02. The number of carbonyl (C=O) groups is 1. The Balaban J connectivity index is 1.34. The first-order valence-electron chi connectivity index (χ1n) is 8.95. The van der Waals surface area contributed by atoms with Gasteiger partial charge in [0.05, 0.1) is 18.3 Å². The molecule has 1 N–H and O–H groups in total. The number of aromatic nitrogens is 1. The molecule has 0 aliphatic carbocycles. The van der Waals surface area contributed by atoms with Crippen molar-refractivity contribution in [1.29, 1.82) is 0 Å². The lowest BCUT2D eigenvalue weighted by Crippen LogP contribution is -2.47. The molecule has 0 saturated carbocycles. The number of nitrogens with one attached hydrogen (secondary N) is 1. The molecular weight excluding hydrogens is 348 g/mol. The van der Waals surface area contributed by atoms with Crippen LogP contribution in [0.2, 0.25) is 0 Å². The van der Waals surface area contributed by atoms with Gasteiger partial charge in [0.25, 0.3) is 5.91 Å². The number of rotatable bonds is 3. The lowest BCUT2D eigenvalue weighted by molar-refractivity contribution is -0.134. The van der Waals surface area contributed by atoms with E-state index in [0.717, 1.165) is 34.1 Å². The molecule has 5 rings (SSSR count). The van der Waals surface area contributed by atoms with Crippen molar-refractivity contribution >= 4 is 5.91 Å². The van der Waals surface area contributed by atoms with E-state index in [0.29, 0.717) is 13.0 Å². The molecule has 1 aromatic carbocycles. The van der Waals surface area contributed by atoms with Crippen molar-refractivity contribution in [2.45, 2.75) is 38.9 Å². The zero-order valence-electron chi connectivity index (χ0n) is 15.1. The van der Waals surface area contributed by atoms with E-state index in [1.54, 1.807) is 11.1 Å². The smallest absolute Gasteiger partial charge is 0.251 e. The predicted octanol–water partition coefficient (Wildman–Crippen LogP) is 2.15. The first kappa shape index (κ1) is 16.2. The molecule has 0 bridgehead atoms. The van der Waals surface area contributed by atoms with E-state index < -0.39 is 0 Å². The summed E-state index contributed by atoms with van der Waals surface area (Å²) in [6.07, 6.45) is 4.40. The van der Waals surface area contributed by atoms with Gasteiger partial charge in [-0.05, 0) is 38.0 Å². The molecule has 4 heterocycles. The van der Waals surface area contributed by atoms with E-state index in [-0.39, 0.29) is 24.8 Å². The van der Waals surface area contributed by atoms with Crippen LogP contribution < -0.4 is 14.9 Å². The maximum Gasteiger partial charge on any atom is 0.251 e. The molecule has 1 saturated heterocycles. The molecule has 0 radical (unpaired) electrons. The Morgan fingerprint density at radius 3 is 2.89 bits per heavy atom. The lowest BCUT2D eigenvalue weighted by atomic mass is 10.0.